The summed E-state index contributed by atoms with van der Waals surface area (Å²) < 4.78 is 8.51. The van der Waals surface area contributed by atoms with E-state index >= 15 is 0 Å². The van der Waals surface area contributed by atoms with Gasteiger partial charge in [0.25, 0.3) is 0 Å². The molecule has 0 bridgehead atoms. The minimum Gasteiger partial charge on any atom is -0.162 e. The molecule has 1 N–H and O–H groups in total. The molecule has 1 heterocycles. The van der Waals surface area contributed by atoms with Crippen molar-refractivity contribution in [3.63, 3.8) is 0 Å². The van der Waals surface area contributed by atoms with E-state index in [4.69, 9.17) is 9.46 Å². The van der Waals surface area contributed by atoms with Crippen molar-refractivity contribution >= 4 is 17.3 Å². The Morgan fingerprint density at radius 1 is 1.38 bits per heavy atom. The standard InChI is InChI=1S/C4H9P.HO2P/c1-2-4-5-3-1;1-3-2/h5H,1-4H2;3H/p+1. The van der Waals surface area contributed by atoms with Gasteiger partial charge < -0.3 is 0 Å². The lowest BCUT2D eigenvalue weighted by molar-refractivity contribution is 0.524. The van der Waals surface area contributed by atoms with Crippen molar-refractivity contribution in [3.8, 4) is 0 Å². The fourth-order valence-corrected chi connectivity index (χ4v) is 1.87. The molecule has 48 valence electrons. The zero-order chi connectivity index (χ0) is 6.24. The van der Waals surface area contributed by atoms with Crippen LogP contribution in [0.3, 0.4) is 0 Å². The van der Waals surface area contributed by atoms with Crippen molar-refractivity contribution in [2.75, 3.05) is 12.3 Å². The van der Waals surface area contributed by atoms with E-state index in [1.54, 1.807) is 0 Å². The van der Waals surface area contributed by atoms with Gasteiger partial charge in [-0.2, -0.15) is 4.89 Å². The van der Waals surface area contributed by atoms with E-state index in [-0.39, 0.29) is 0 Å². The summed E-state index contributed by atoms with van der Waals surface area (Å²) in [6, 6.07) is 0. The van der Waals surface area contributed by atoms with Gasteiger partial charge in [0, 0.05) is 0 Å². The van der Waals surface area contributed by atoms with Crippen molar-refractivity contribution in [3.05, 3.63) is 0 Å². The topological polar surface area (TPSA) is 37.3 Å². The summed E-state index contributed by atoms with van der Waals surface area (Å²) in [4.78, 5) is 7.04. The second-order valence-electron chi connectivity index (χ2n) is 1.55. The van der Waals surface area contributed by atoms with E-state index in [1.165, 1.54) is 33.7 Å². The third-order valence-electron chi connectivity index (χ3n) is 0.957. The number of rotatable bonds is 0. The average molecular weight is 153 g/mol. The van der Waals surface area contributed by atoms with E-state index in [9.17, 15) is 0 Å². The third-order valence-corrected chi connectivity index (χ3v) is 2.37. The molecule has 2 nitrogen and oxygen atoms in total. The van der Waals surface area contributed by atoms with Crippen LogP contribution in [-0.2, 0) is 4.57 Å². The van der Waals surface area contributed by atoms with Crippen LogP contribution in [0.25, 0.3) is 0 Å². The Hall–Kier alpha value is 0.490. The maximum Gasteiger partial charge on any atom is 0.491 e. The Bertz CT molecular complexity index is 46.4. The minimum absolute atomic E-state index is 1.17. The van der Waals surface area contributed by atoms with Gasteiger partial charge in [0.2, 0.25) is 0 Å². The quantitative estimate of drug-likeness (QED) is 0.533. The summed E-state index contributed by atoms with van der Waals surface area (Å²) in [7, 11) is 0.142. The lowest BCUT2D eigenvalue weighted by atomic mass is 10.4. The zero-order valence-electron chi connectivity index (χ0n) is 4.68. The molecule has 0 aliphatic carbocycles. The van der Waals surface area contributed by atoms with E-state index in [2.05, 4.69) is 0 Å². The lowest BCUT2D eigenvalue weighted by Crippen LogP contribution is -1.58. The normalized spacial score (nSPS) is 17.6. The monoisotopic (exact) mass is 153 g/mol. The Morgan fingerprint density at radius 3 is 1.88 bits per heavy atom. The Morgan fingerprint density at radius 2 is 1.75 bits per heavy atom. The predicted octanol–water partition coefficient (Wildman–Crippen LogP) is 1.38. The highest BCUT2D eigenvalue weighted by Gasteiger charge is 1.94. The highest BCUT2D eigenvalue weighted by molar-refractivity contribution is 7.38. The van der Waals surface area contributed by atoms with Gasteiger partial charge >= 0.3 is 8.69 Å². The zero-order valence-corrected chi connectivity index (χ0v) is 6.68. The van der Waals surface area contributed by atoms with Gasteiger partial charge in [-0.15, -0.1) is 8.58 Å². The Balaban J connectivity index is 0.000000145. The third kappa shape index (κ3) is 6.49. The van der Waals surface area contributed by atoms with Crippen LogP contribution in [0.2, 0.25) is 0 Å². The summed E-state index contributed by atoms with van der Waals surface area (Å²) in [6.07, 6.45) is 6.08. The Labute approximate surface area is 52.7 Å². The smallest absolute Gasteiger partial charge is 0.162 e. The SMILES string of the molecule is C1CCPC1.O=[PH+]O. The van der Waals surface area contributed by atoms with Gasteiger partial charge in [-0.05, 0) is 29.7 Å². The summed E-state index contributed by atoms with van der Waals surface area (Å²) in [5, 5.41) is 0. The molecule has 0 aromatic rings. The molecule has 4 heteroatoms. The van der Waals surface area contributed by atoms with Crippen molar-refractivity contribution in [1.29, 1.82) is 0 Å². The molecule has 0 amide bonds. The van der Waals surface area contributed by atoms with Crippen LogP contribution in [-0.4, -0.2) is 17.2 Å². The maximum atomic E-state index is 8.51. The molecular formula is C4H11O2P2+. The lowest BCUT2D eigenvalue weighted by Gasteiger charge is -1.69. The second-order valence-corrected chi connectivity index (χ2v) is 3.23. The molecule has 0 aromatic heterocycles. The fraction of sp³-hybridized carbons (Fsp3) is 1.00. The average Bonchev–Trinajstić information content (AvgIpc) is 2.17. The maximum absolute atomic E-state index is 8.51. The first-order valence-corrected chi connectivity index (χ1v) is 4.90. The molecular weight excluding hydrogens is 142 g/mol. The fourth-order valence-electron chi connectivity index (χ4n) is 0.625. The van der Waals surface area contributed by atoms with E-state index in [0.29, 0.717) is 0 Å². The van der Waals surface area contributed by atoms with Gasteiger partial charge in [-0.25, -0.2) is 0 Å². The number of hydrogen-bond acceptors (Lipinski definition) is 1. The molecule has 1 atom stereocenters. The molecule has 0 radical (unpaired) electrons. The molecule has 1 unspecified atom stereocenters. The first-order chi connectivity index (χ1) is 3.91. The highest BCUT2D eigenvalue weighted by Crippen LogP contribution is 2.21. The van der Waals surface area contributed by atoms with Gasteiger partial charge in [-0.1, -0.05) is 0 Å². The summed E-state index contributed by atoms with van der Waals surface area (Å²) >= 11 is 0. The minimum atomic E-state index is -1.17. The second kappa shape index (κ2) is 7.49. The van der Waals surface area contributed by atoms with E-state index in [0.717, 1.165) is 0 Å². The van der Waals surface area contributed by atoms with Gasteiger partial charge in [0.1, 0.15) is 0 Å². The molecule has 1 saturated heterocycles. The van der Waals surface area contributed by atoms with Crippen LogP contribution in [0.15, 0.2) is 0 Å². The molecule has 1 rings (SSSR count). The largest absolute Gasteiger partial charge is 0.491 e. The van der Waals surface area contributed by atoms with Crippen LogP contribution in [0.5, 0.6) is 0 Å². The van der Waals surface area contributed by atoms with Gasteiger partial charge in [-0.3, -0.25) is 0 Å². The summed E-state index contributed by atoms with van der Waals surface area (Å²) in [5.41, 5.74) is 0. The summed E-state index contributed by atoms with van der Waals surface area (Å²) in [6.45, 7) is 0. The van der Waals surface area contributed by atoms with E-state index < -0.39 is 8.69 Å². The first kappa shape index (κ1) is 8.49. The van der Waals surface area contributed by atoms with Crippen molar-refractivity contribution in [2.45, 2.75) is 12.8 Å². The molecule has 0 aromatic carbocycles. The van der Waals surface area contributed by atoms with Crippen LogP contribution >= 0.6 is 17.3 Å². The molecule has 0 saturated carbocycles. The van der Waals surface area contributed by atoms with Gasteiger partial charge in [0.15, 0.2) is 0 Å². The van der Waals surface area contributed by atoms with Crippen LogP contribution in [0.4, 0.5) is 0 Å². The summed E-state index contributed by atoms with van der Waals surface area (Å²) in [5.74, 6) is 0. The number of hydrogen-bond donors (Lipinski definition) is 1. The van der Waals surface area contributed by atoms with Crippen molar-refractivity contribution in [2.24, 2.45) is 0 Å². The molecule has 1 fully saturated rings. The first-order valence-electron chi connectivity index (χ1n) is 2.63. The van der Waals surface area contributed by atoms with Crippen molar-refractivity contribution in [1.82, 2.24) is 0 Å². The highest BCUT2D eigenvalue weighted by atomic mass is 31.1. The van der Waals surface area contributed by atoms with Gasteiger partial charge in [0.05, 0.1) is 0 Å². The van der Waals surface area contributed by atoms with Crippen LogP contribution in [0, 0.1) is 0 Å². The van der Waals surface area contributed by atoms with Crippen LogP contribution in [0.1, 0.15) is 12.8 Å². The molecule has 1 aliphatic heterocycles. The molecule has 1 aliphatic rings. The van der Waals surface area contributed by atoms with E-state index in [1.807, 2.05) is 0 Å². The molecule has 0 spiro atoms. The molecule has 8 heavy (non-hydrogen) atoms. The van der Waals surface area contributed by atoms with Crippen LogP contribution < -0.4 is 0 Å². The Kier molecular flexibility index (Phi) is 7.95. The predicted molar refractivity (Wildman–Crippen MR) is 38.5 cm³/mol. The van der Waals surface area contributed by atoms with Crippen molar-refractivity contribution < 1.29 is 9.46 Å².